The van der Waals surface area contributed by atoms with Gasteiger partial charge in [0.05, 0.1) is 18.7 Å². The Morgan fingerprint density at radius 1 is 1.56 bits per heavy atom. The number of rotatable bonds is 6. The molecule has 1 saturated heterocycles. The summed E-state index contributed by atoms with van der Waals surface area (Å²) in [5.74, 6) is 0.377. The lowest BCUT2D eigenvalue weighted by Crippen LogP contribution is -2.63. The monoisotopic (exact) mass is 229 g/mol. The molecule has 1 N–H and O–H groups in total. The summed E-state index contributed by atoms with van der Waals surface area (Å²) in [7, 11) is 1.64. The fourth-order valence-corrected chi connectivity index (χ4v) is 2.23. The topological polar surface area (TPSA) is 49.8 Å². The first-order chi connectivity index (χ1) is 7.50. The van der Waals surface area contributed by atoms with Crippen molar-refractivity contribution in [3.8, 4) is 0 Å². The molecular formula is C12H23NO3. The predicted molar refractivity (Wildman–Crippen MR) is 62.1 cm³/mol. The molecule has 0 aromatic heterocycles. The van der Waals surface area contributed by atoms with Gasteiger partial charge in [0.25, 0.3) is 0 Å². The van der Waals surface area contributed by atoms with E-state index in [0.29, 0.717) is 26.1 Å². The van der Waals surface area contributed by atoms with Gasteiger partial charge in [-0.15, -0.1) is 0 Å². The quantitative estimate of drug-likeness (QED) is 0.740. The third-order valence-corrected chi connectivity index (χ3v) is 3.01. The van der Waals surface area contributed by atoms with Gasteiger partial charge in [-0.3, -0.25) is 4.79 Å². The smallest absolute Gasteiger partial charge is 0.223 e. The molecule has 0 aliphatic carbocycles. The number of likely N-dealkylation sites (tertiary alicyclic amines) is 1. The molecule has 0 aromatic rings. The lowest BCUT2D eigenvalue weighted by Gasteiger charge is -2.46. The first-order valence-electron chi connectivity index (χ1n) is 6.00. The van der Waals surface area contributed by atoms with E-state index in [4.69, 9.17) is 4.74 Å². The van der Waals surface area contributed by atoms with Gasteiger partial charge >= 0.3 is 0 Å². The molecule has 1 aliphatic rings. The number of carbonyl (C=O) groups excluding carboxylic acids is 1. The summed E-state index contributed by atoms with van der Waals surface area (Å²) in [6.45, 7) is 5.65. The van der Waals surface area contributed by atoms with Crippen LogP contribution in [0.1, 0.15) is 33.1 Å². The highest BCUT2D eigenvalue weighted by molar-refractivity contribution is 5.77. The van der Waals surface area contributed by atoms with E-state index in [0.717, 1.165) is 12.8 Å². The Labute approximate surface area is 97.6 Å². The average Bonchev–Trinajstić information content (AvgIpc) is 2.14. The second-order valence-electron chi connectivity index (χ2n) is 4.99. The van der Waals surface area contributed by atoms with E-state index in [1.165, 1.54) is 0 Å². The number of methoxy groups -OCH3 is 1. The zero-order valence-corrected chi connectivity index (χ0v) is 10.5. The maximum atomic E-state index is 11.8. The molecule has 1 aliphatic heterocycles. The molecule has 94 valence electrons. The van der Waals surface area contributed by atoms with Gasteiger partial charge in [-0.05, 0) is 12.3 Å². The number of hydrogen-bond acceptors (Lipinski definition) is 3. The van der Waals surface area contributed by atoms with Gasteiger partial charge in [-0.25, -0.2) is 0 Å². The Bertz CT molecular complexity index is 236. The zero-order valence-electron chi connectivity index (χ0n) is 10.5. The molecule has 4 heteroatoms. The minimum Gasteiger partial charge on any atom is -0.386 e. The standard InChI is InChI=1S/C12H23NO3/c1-4-5-12(15)8-13(9-12)11(14)6-10(2)7-16-3/h10,15H,4-9H2,1-3H3. The van der Waals surface area contributed by atoms with Gasteiger partial charge < -0.3 is 14.7 Å². The number of hydrogen-bond donors (Lipinski definition) is 1. The third-order valence-electron chi connectivity index (χ3n) is 3.01. The van der Waals surface area contributed by atoms with Crippen molar-refractivity contribution >= 4 is 5.91 Å². The minimum absolute atomic E-state index is 0.130. The van der Waals surface area contributed by atoms with E-state index in [1.807, 2.05) is 13.8 Å². The van der Waals surface area contributed by atoms with Crippen molar-refractivity contribution in [3.63, 3.8) is 0 Å². The number of ether oxygens (including phenoxy) is 1. The van der Waals surface area contributed by atoms with Gasteiger partial charge in [0.2, 0.25) is 5.91 Å². The fourth-order valence-electron chi connectivity index (χ4n) is 2.23. The zero-order chi connectivity index (χ0) is 12.2. The molecule has 16 heavy (non-hydrogen) atoms. The Balaban J connectivity index is 2.26. The maximum Gasteiger partial charge on any atom is 0.223 e. The van der Waals surface area contributed by atoms with Gasteiger partial charge in [0, 0.05) is 20.1 Å². The van der Waals surface area contributed by atoms with Crippen LogP contribution in [0.25, 0.3) is 0 Å². The van der Waals surface area contributed by atoms with Crippen LogP contribution in [0.4, 0.5) is 0 Å². The molecule has 0 saturated carbocycles. The molecule has 0 aromatic carbocycles. The first-order valence-corrected chi connectivity index (χ1v) is 6.00. The van der Waals surface area contributed by atoms with Crippen LogP contribution < -0.4 is 0 Å². The lowest BCUT2D eigenvalue weighted by atomic mass is 9.88. The van der Waals surface area contributed by atoms with Gasteiger partial charge in [0.15, 0.2) is 0 Å². The van der Waals surface area contributed by atoms with Crippen molar-refractivity contribution in [3.05, 3.63) is 0 Å². The Morgan fingerprint density at radius 3 is 2.69 bits per heavy atom. The number of aliphatic hydroxyl groups is 1. The molecule has 0 radical (unpaired) electrons. The third kappa shape index (κ3) is 3.46. The van der Waals surface area contributed by atoms with Crippen molar-refractivity contribution in [2.45, 2.75) is 38.7 Å². The number of nitrogens with zero attached hydrogens (tertiary/aromatic N) is 1. The van der Waals surface area contributed by atoms with Gasteiger partial charge in [-0.1, -0.05) is 20.3 Å². The Kier molecular flexibility index (Phi) is 4.74. The summed E-state index contributed by atoms with van der Waals surface area (Å²) in [6, 6.07) is 0. The highest BCUT2D eigenvalue weighted by atomic mass is 16.5. The molecule has 0 spiro atoms. The van der Waals surface area contributed by atoms with Crippen molar-refractivity contribution in [1.82, 2.24) is 4.90 Å². The summed E-state index contributed by atoms with van der Waals surface area (Å²) in [5, 5.41) is 9.95. The predicted octanol–water partition coefficient (Wildman–Crippen LogP) is 1.03. The van der Waals surface area contributed by atoms with Crippen LogP contribution in [0.15, 0.2) is 0 Å². The lowest BCUT2D eigenvalue weighted by molar-refractivity contribution is -0.157. The maximum absolute atomic E-state index is 11.8. The summed E-state index contributed by atoms with van der Waals surface area (Å²) in [5.41, 5.74) is -0.616. The highest BCUT2D eigenvalue weighted by Crippen LogP contribution is 2.26. The van der Waals surface area contributed by atoms with E-state index >= 15 is 0 Å². The van der Waals surface area contributed by atoms with Crippen molar-refractivity contribution < 1.29 is 14.6 Å². The molecular weight excluding hydrogens is 206 g/mol. The molecule has 1 amide bonds. The molecule has 1 fully saturated rings. The van der Waals surface area contributed by atoms with Crippen molar-refractivity contribution in [1.29, 1.82) is 0 Å². The molecule has 0 bridgehead atoms. The molecule has 1 heterocycles. The van der Waals surface area contributed by atoms with Gasteiger partial charge in [0.1, 0.15) is 0 Å². The summed E-state index contributed by atoms with van der Waals surface area (Å²) in [6.07, 6.45) is 2.25. The summed E-state index contributed by atoms with van der Waals surface area (Å²) >= 11 is 0. The van der Waals surface area contributed by atoms with Crippen molar-refractivity contribution in [2.24, 2.45) is 5.92 Å². The normalized spacial score (nSPS) is 20.4. The van der Waals surface area contributed by atoms with Crippen LogP contribution in [0.3, 0.4) is 0 Å². The Morgan fingerprint density at radius 2 is 2.19 bits per heavy atom. The fraction of sp³-hybridized carbons (Fsp3) is 0.917. The highest BCUT2D eigenvalue weighted by Gasteiger charge is 2.42. The largest absolute Gasteiger partial charge is 0.386 e. The van der Waals surface area contributed by atoms with Crippen LogP contribution in [0.2, 0.25) is 0 Å². The van der Waals surface area contributed by atoms with E-state index in [9.17, 15) is 9.90 Å². The van der Waals surface area contributed by atoms with Crippen molar-refractivity contribution in [2.75, 3.05) is 26.8 Å². The van der Waals surface area contributed by atoms with Crippen LogP contribution in [-0.4, -0.2) is 48.3 Å². The minimum atomic E-state index is -0.616. The molecule has 1 unspecified atom stereocenters. The summed E-state index contributed by atoms with van der Waals surface area (Å²) < 4.78 is 5.00. The Hall–Kier alpha value is -0.610. The van der Waals surface area contributed by atoms with Crippen LogP contribution in [0.5, 0.6) is 0 Å². The van der Waals surface area contributed by atoms with Crippen LogP contribution >= 0.6 is 0 Å². The van der Waals surface area contributed by atoms with Crippen LogP contribution in [0, 0.1) is 5.92 Å². The molecule has 1 rings (SSSR count). The second-order valence-corrected chi connectivity index (χ2v) is 4.99. The summed E-state index contributed by atoms with van der Waals surface area (Å²) in [4.78, 5) is 13.5. The SMILES string of the molecule is CCCC1(O)CN(C(=O)CC(C)COC)C1. The number of β-amino-alcohol motifs (C(OH)–C–C–N with tert-alkyl or cyclic N) is 1. The van der Waals surface area contributed by atoms with E-state index in [-0.39, 0.29) is 11.8 Å². The number of carbonyl (C=O) groups is 1. The number of amides is 1. The van der Waals surface area contributed by atoms with E-state index < -0.39 is 5.60 Å². The van der Waals surface area contributed by atoms with Gasteiger partial charge in [-0.2, -0.15) is 0 Å². The first kappa shape index (κ1) is 13.5. The van der Waals surface area contributed by atoms with E-state index in [2.05, 4.69) is 0 Å². The van der Waals surface area contributed by atoms with Crippen LogP contribution in [-0.2, 0) is 9.53 Å². The second kappa shape index (κ2) is 5.64. The average molecular weight is 229 g/mol. The molecule has 1 atom stereocenters. The molecule has 4 nitrogen and oxygen atoms in total. The van der Waals surface area contributed by atoms with E-state index in [1.54, 1.807) is 12.0 Å².